The number of benzene rings is 1. The summed E-state index contributed by atoms with van der Waals surface area (Å²) in [5, 5.41) is 1.50. The lowest BCUT2D eigenvalue weighted by Gasteiger charge is -2.20. The van der Waals surface area contributed by atoms with Crippen molar-refractivity contribution >= 4 is 17.2 Å². The quantitative estimate of drug-likeness (QED) is 0.470. The predicted molar refractivity (Wildman–Crippen MR) is 70.9 cm³/mol. The Labute approximate surface area is 101 Å². The van der Waals surface area contributed by atoms with Gasteiger partial charge in [-0.3, -0.25) is 5.01 Å². The normalized spacial score (nSPS) is 10.3. The molecule has 0 unspecified atom stereocenters. The van der Waals surface area contributed by atoms with Gasteiger partial charge in [-0.15, -0.1) is 0 Å². The maximum atomic E-state index is 6.03. The predicted octanol–water partition coefficient (Wildman–Crippen LogP) is 2.29. The summed E-state index contributed by atoms with van der Waals surface area (Å²) in [5.74, 6) is 6.70. The van der Waals surface area contributed by atoms with E-state index in [1.165, 1.54) is 5.01 Å². The number of nitrogens with zero attached hydrogens (tertiary/aromatic N) is 2. The van der Waals surface area contributed by atoms with Crippen molar-refractivity contribution in [3.63, 3.8) is 0 Å². The number of hydrazine groups is 1. The van der Waals surface area contributed by atoms with Crippen molar-refractivity contribution in [2.75, 3.05) is 10.7 Å². The molecule has 1 aromatic carbocycles. The molecule has 0 atom stereocenters. The Hall–Kier alpha value is -2.07. The van der Waals surface area contributed by atoms with E-state index in [9.17, 15) is 0 Å². The molecule has 2 rings (SSSR count). The van der Waals surface area contributed by atoms with Crippen molar-refractivity contribution < 1.29 is 0 Å². The molecule has 88 valence electrons. The van der Waals surface area contributed by atoms with E-state index < -0.39 is 0 Å². The average Bonchev–Trinajstić information content (AvgIpc) is 2.34. The molecule has 2 aromatic rings. The molecule has 0 aliphatic rings. The molecule has 0 saturated heterocycles. The molecule has 4 N–H and O–H groups in total. The van der Waals surface area contributed by atoms with Gasteiger partial charge in [-0.1, -0.05) is 6.07 Å². The summed E-state index contributed by atoms with van der Waals surface area (Å²) >= 11 is 0. The summed E-state index contributed by atoms with van der Waals surface area (Å²) in [6, 6.07) is 9.47. The van der Waals surface area contributed by atoms with Crippen LogP contribution in [0.15, 0.2) is 36.5 Å². The minimum absolute atomic E-state index is 0.654. The van der Waals surface area contributed by atoms with E-state index in [-0.39, 0.29) is 0 Å². The highest BCUT2D eigenvalue weighted by molar-refractivity contribution is 5.74. The lowest BCUT2D eigenvalue weighted by atomic mass is 10.1. The van der Waals surface area contributed by atoms with Crippen molar-refractivity contribution in [2.45, 2.75) is 13.8 Å². The van der Waals surface area contributed by atoms with Crippen LogP contribution in [-0.4, -0.2) is 4.98 Å². The molecular weight excluding hydrogens is 212 g/mol. The van der Waals surface area contributed by atoms with Crippen LogP contribution in [0.4, 0.5) is 17.2 Å². The van der Waals surface area contributed by atoms with E-state index in [1.807, 2.05) is 44.2 Å². The fourth-order valence-electron chi connectivity index (χ4n) is 1.65. The molecule has 0 fully saturated rings. The van der Waals surface area contributed by atoms with Crippen LogP contribution in [0.3, 0.4) is 0 Å². The third kappa shape index (κ3) is 2.21. The number of hydrogen-bond donors (Lipinski definition) is 2. The monoisotopic (exact) mass is 228 g/mol. The summed E-state index contributed by atoms with van der Waals surface area (Å²) in [4.78, 5) is 4.19. The highest BCUT2D eigenvalue weighted by Crippen LogP contribution is 2.28. The topological polar surface area (TPSA) is 68.2 Å². The Kier molecular flexibility index (Phi) is 2.97. The minimum Gasteiger partial charge on any atom is -0.397 e. The highest BCUT2D eigenvalue weighted by atomic mass is 15.4. The molecule has 0 bridgehead atoms. The fraction of sp³-hybridized carbons (Fsp3) is 0.154. The van der Waals surface area contributed by atoms with E-state index in [1.54, 1.807) is 6.20 Å². The number of rotatable bonds is 2. The van der Waals surface area contributed by atoms with Gasteiger partial charge in [0.1, 0.15) is 5.82 Å². The second-order valence-corrected chi connectivity index (χ2v) is 4.05. The van der Waals surface area contributed by atoms with Gasteiger partial charge >= 0.3 is 0 Å². The van der Waals surface area contributed by atoms with Gasteiger partial charge in [-0.25, -0.2) is 10.8 Å². The maximum Gasteiger partial charge on any atom is 0.147 e. The molecular formula is C13H16N4. The van der Waals surface area contributed by atoms with Gasteiger partial charge < -0.3 is 5.73 Å². The molecule has 17 heavy (non-hydrogen) atoms. The number of nitrogen functional groups attached to an aromatic ring is 1. The second kappa shape index (κ2) is 4.43. The van der Waals surface area contributed by atoms with E-state index in [0.29, 0.717) is 11.5 Å². The Morgan fingerprint density at radius 1 is 1.12 bits per heavy atom. The molecule has 0 aliphatic heterocycles. The van der Waals surface area contributed by atoms with Crippen molar-refractivity contribution in [2.24, 2.45) is 5.84 Å². The first-order valence-corrected chi connectivity index (χ1v) is 5.42. The molecule has 0 amide bonds. The second-order valence-electron chi connectivity index (χ2n) is 4.05. The van der Waals surface area contributed by atoms with Crippen LogP contribution in [0.25, 0.3) is 0 Å². The Bertz CT molecular complexity index is 522. The van der Waals surface area contributed by atoms with Gasteiger partial charge in [0, 0.05) is 6.20 Å². The zero-order valence-corrected chi connectivity index (χ0v) is 10.0. The van der Waals surface area contributed by atoms with Gasteiger partial charge in [-0.05, 0) is 49.2 Å². The van der Waals surface area contributed by atoms with Gasteiger partial charge in [0.2, 0.25) is 0 Å². The zero-order chi connectivity index (χ0) is 12.4. The van der Waals surface area contributed by atoms with Gasteiger partial charge in [0.15, 0.2) is 0 Å². The number of pyridine rings is 1. The molecule has 0 spiro atoms. The van der Waals surface area contributed by atoms with Crippen LogP contribution in [0, 0.1) is 13.8 Å². The molecule has 4 heteroatoms. The van der Waals surface area contributed by atoms with Crippen LogP contribution in [0.2, 0.25) is 0 Å². The van der Waals surface area contributed by atoms with Crippen LogP contribution < -0.4 is 16.6 Å². The summed E-state index contributed by atoms with van der Waals surface area (Å²) in [6.45, 7) is 4.06. The smallest absolute Gasteiger partial charge is 0.147 e. The number of hydrogen-bond acceptors (Lipinski definition) is 4. The highest BCUT2D eigenvalue weighted by Gasteiger charge is 2.10. The number of nitrogens with two attached hydrogens (primary N) is 2. The first kappa shape index (κ1) is 11.4. The maximum absolute atomic E-state index is 6.03. The van der Waals surface area contributed by atoms with Crippen LogP contribution in [-0.2, 0) is 0 Å². The lowest BCUT2D eigenvalue weighted by Crippen LogP contribution is -2.26. The minimum atomic E-state index is 0.654. The molecule has 0 radical (unpaired) electrons. The van der Waals surface area contributed by atoms with Gasteiger partial charge in [-0.2, -0.15) is 0 Å². The molecule has 0 saturated carbocycles. The summed E-state index contributed by atoms with van der Waals surface area (Å²) < 4.78 is 0. The van der Waals surface area contributed by atoms with Gasteiger partial charge in [0.05, 0.1) is 11.4 Å². The fourth-order valence-corrected chi connectivity index (χ4v) is 1.65. The summed E-state index contributed by atoms with van der Waals surface area (Å²) in [5.41, 5.74) is 9.71. The van der Waals surface area contributed by atoms with Crippen molar-refractivity contribution in [3.8, 4) is 0 Å². The Morgan fingerprint density at radius 2 is 1.82 bits per heavy atom. The molecule has 1 heterocycles. The number of aromatic nitrogens is 1. The van der Waals surface area contributed by atoms with Crippen molar-refractivity contribution in [1.29, 1.82) is 0 Å². The molecule has 4 nitrogen and oxygen atoms in total. The summed E-state index contributed by atoms with van der Waals surface area (Å²) in [7, 11) is 0. The molecule has 1 aromatic heterocycles. The first-order valence-electron chi connectivity index (χ1n) is 5.42. The summed E-state index contributed by atoms with van der Waals surface area (Å²) in [6.07, 6.45) is 1.70. The SMILES string of the molecule is Cc1cc(N)c(N(N)c2ccccn2)cc1C. The van der Waals surface area contributed by atoms with Crippen LogP contribution in [0.5, 0.6) is 0 Å². The Balaban J connectivity index is 2.44. The van der Waals surface area contributed by atoms with E-state index in [0.717, 1.165) is 16.8 Å². The van der Waals surface area contributed by atoms with E-state index in [4.69, 9.17) is 11.6 Å². The van der Waals surface area contributed by atoms with E-state index in [2.05, 4.69) is 4.98 Å². The van der Waals surface area contributed by atoms with Crippen LogP contribution in [0.1, 0.15) is 11.1 Å². The Morgan fingerprint density at radius 3 is 2.47 bits per heavy atom. The zero-order valence-electron chi connectivity index (χ0n) is 10.0. The lowest BCUT2D eigenvalue weighted by molar-refractivity contribution is 1.03. The third-order valence-electron chi connectivity index (χ3n) is 2.80. The van der Waals surface area contributed by atoms with Gasteiger partial charge in [0.25, 0.3) is 0 Å². The van der Waals surface area contributed by atoms with E-state index >= 15 is 0 Å². The molecule has 0 aliphatic carbocycles. The third-order valence-corrected chi connectivity index (χ3v) is 2.80. The van der Waals surface area contributed by atoms with Crippen LogP contribution >= 0.6 is 0 Å². The number of anilines is 3. The number of aryl methyl sites for hydroxylation is 2. The largest absolute Gasteiger partial charge is 0.397 e. The first-order chi connectivity index (χ1) is 8.09. The van der Waals surface area contributed by atoms with Crippen molar-refractivity contribution in [1.82, 2.24) is 4.98 Å². The average molecular weight is 228 g/mol. The van der Waals surface area contributed by atoms with Crippen molar-refractivity contribution in [3.05, 3.63) is 47.7 Å². The standard InChI is InChI=1S/C13H16N4/c1-9-7-11(14)12(8-10(9)2)17(15)13-5-3-4-6-16-13/h3-8H,14-15H2,1-2H3.